The number of rotatable bonds is 1. The van der Waals surface area contributed by atoms with Crippen LogP contribution < -0.4 is 5.56 Å². The number of aromatic nitrogens is 2. The molecule has 0 radical (unpaired) electrons. The van der Waals surface area contributed by atoms with Crippen LogP contribution in [0.4, 0.5) is 4.39 Å². The predicted molar refractivity (Wildman–Crippen MR) is 110 cm³/mol. The van der Waals surface area contributed by atoms with Crippen molar-refractivity contribution in [2.75, 3.05) is 13.1 Å². The molecule has 1 fully saturated rings. The van der Waals surface area contributed by atoms with Crippen LogP contribution in [0.2, 0.25) is 0 Å². The average Bonchev–Trinajstić information content (AvgIpc) is 3.01. The second kappa shape index (κ2) is 6.78. The van der Waals surface area contributed by atoms with Gasteiger partial charge in [-0.1, -0.05) is 20.8 Å². The van der Waals surface area contributed by atoms with Crippen LogP contribution in [0.25, 0.3) is 0 Å². The van der Waals surface area contributed by atoms with Crippen molar-refractivity contribution >= 4 is 5.91 Å². The first kappa shape index (κ1) is 19.8. The third-order valence-corrected chi connectivity index (χ3v) is 6.35. The summed E-state index contributed by atoms with van der Waals surface area (Å²) in [5.74, 6) is 0.307. The Morgan fingerprint density at radius 2 is 2.03 bits per heavy atom. The highest BCUT2D eigenvalue weighted by atomic mass is 19.1. The molecule has 1 N–H and O–H groups in total. The number of carbonyl (C=O) groups excluding carboxylic acids is 1. The van der Waals surface area contributed by atoms with Crippen LogP contribution in [0, 0.1) is 12.7 Å². The summed E-state index contributed by atoms with van der Waals surface area (Å²) in [6.07, 6.45) is 3.31. The van der Waals surface area contributed by atoms with E-state index in [4.69, 9.17) is 4.98 Å². The van der Waals surface area contributed by atoms with Crippen molar-refractivity contribution in [1.29, 1.82) is 0 Å². The number of nitrogens with one attached hydrogen (secondary N) is 1. The van der Waals surface area contributed by atoms with E-state index in [-0.39, 0.29) is 28.1 Å². The molecule has 1 aromatic carbocycles. The molecule has 1 aromatic heterocycles. The van der Waals surface area contributed by atoms with Crippen molar-refractivity contribution in [3.63, 3.8) is 0 Å². The number of aromatic amines is 1. The van der Waals surface area contributed by atoms with Gasteiger partial charge in [0.25, 0.3) is 11.5 Å². The molecule has 1 unspecified atom stereocenters. The van der Waals surface area contributed by atoms with Gasteiger partial charge >= 0.3 is 0 Å². The summed E-state index contributed by atoms with van der Waals surface area (Å²) in [6, 6.07) is 4.52. The minimum absolute atomic E-state index is 0.0468. The molecule has 1 aliphatic heterocycles. The fraction of sp³-hybridized carbons (Fsp3) is 0.522. The smallest absolute Gasteiger partial charge is 0.254 e. The topological polar surface area (TPSA) is 66.1 Å². The van der Waals surface area contributed by atoms with E-state index in [0.717, 1.165) is 30.5 Å². The molecule has 0 bridgehead atoms. The van der Waals surface area contributed by atoms with Crippen LogP contribution in [0.5, 0.6) is 0 Å². The average molecular weight is 397 g/mol. The molecule has 154 valence electrons. The van der Waals surface area contributed by atoms with Gasteiger partial charge in [0.15, 0.2) is 0 Å². The van der Waals surface area contributed by atoms with Crippen LogP contribution in [0.15, 0.2) is 23.0 Å². The van der Waals surface area contributed by atoms with Gasteiger partial charge in [-0.25, -0.2) is 9.37 Å². The molecule has 6 heteroatoms. The standard InChI is InChI=1S/C23H28FN3O2/c1-14-12-15(6-7-17(14)24)20(29)27-11-5-9-23(13-27)10-8-16-18(23)25-21(22(2,3)4)26-19(16)28/h6-7,12H,5,8-11,13H2,1-4H3,(H,25,26,28). The number of halogens is 1. The zero-order chi connectivity index (χ0) is 21.0. The Kier molecular flexibility index (Phi) is 4.63. The summed E-state index contributed by atoms with van der Waals surface area (Å²) in [7, 11) is 0. The molecular weight excluding hydrogens is 369 g/mol. The van der Waals surface area contributed by atoms with Gasteiger partial charge in [-0.2, -0.15) is 0 Å². The molecule has 5 nitrogen and oxygen atoms in total. The van der Waals surface area contributed by atoms with Gasteiger partial charge in [-0.15, -0.1) is 0 Å². The molecule has 1 saturated heterocycles. The van der Waals surface area contributed by atoms with Crippen LogP contribution in [0.3, 0.4) is 0 Å². The number of fused-ring (bicyclic) bond motifs is 2. The number of benzene rings is 1. The third-order valence-electron chi connectivity index (χ3n) is 6.35. The molecule has 2 aromatic rings. The van der Waals surface area contributed by atoms with E-state index in [1.165, 1.54) is 6.07 Å². The van der Waals surface area contributed by atoms with Gasteiger partial charge in [-0.3, -0.25) is 9.59 Å². The lowest BCUT2D eigenvalue weighted by Gasteiger charge is -2.40. The molecule has 2 aliphatic rings. The van der Waals surface area contributed by atoms with E-state index >= 15 is 0 Å². The van der Waals surface area contributed by atoms with Crippen LogP contribution in [0.1, 0.15) is 73.0 Å². The van der Waals surface area contributed by atoms with E-state index in [2.05, 4.69) is 4.98 Å². The SMILES string of the molecule is Cc1cc(C(=O)N2CCCC3(CCc4c3nc(C(C)(C)C)[nH]c4=O)C2)ccc1F. The second-order valence-electron chi connectivity index (χ2n) is 9.57. The highest BCUT2D eigenvalue weighted by Gasteiger charge is 2.46. The van der Waals surface area contributed by atoms with Gasteiger partial charge < -0.3 is 9.88 Å². The monoisotopic (exact) mass is 397 g/mol. The van der Waals surface area contributed by atoms with Crippen molar-refractivity contribution in [2.45, 2.75) is 64.2 Å². The summed E-state index contributed by atoms with van der Waals surface area (Å²) in [6.45, 7) is 8.99. The minimum atomic E-state index is -0.306. The lowest BCUT2D eigenvalue weighted by Crippen LogP contribution is -2.48. The predicted octanol–water partition coefficient (Wildman–Crippen LogP) is 3.64. The Morgan fingerprint density at radius 3 is 2.72 bits per heavy atom. The summed E-state index contributed by atoms with van der Waals surface area (Å²) < 4.78 is 13.6. The van der Waals surface area contributed by atoms with E-state index in [0.29, 0.717) is 36.5 Å². The Labute approximate surface area is 170 Å². The van der Waals surface area contributed by atoms with Crippen molar-refractivity contribution in [3.8, 4) is 0 Å². The first-order chi connectivity index (χ1) is 13.6. The first-order valence-electron chi connectivity index (χ1n) is 10.3. The summed E-state index contributed by atoms with van der Waals surface area (Å²) in [5.41, 5.74) is 2.05. The maximum absolute atomic E-state index is 13.6. The molecule has 2 heterocycles. The molecule has 1 aliphatic carbocycles. The van der Waals surface area contributed by atoms with Crippen molar-refractivity contribution in [3.05, 3.63) is 62.6 Å². The van der Waals surface area contributed by atoms with Crippen molar-refractivity contribution in [1.82, 2.24) is 14.9 Å². The number of H-pyrrole nitrogens is 1. The highest BCUT2D eigenvalue weighted by Crippen LogP contribution is 2.43. The normalized spacial score (nSPS) is 21.5. The Balaban J connectivity index is 1.69. The minimum Gasteiger partial charge on any atom is -0.338 e. The zero-order valence-electron chi connectivity index (χ0n) is 17.6. The third kappa shape index (κ3) is 3.38. The van der Waals surface area contributed by atoms with Crippen molar-refractivity contribution in [2.24, 2.45) is 0 Å². The summed E-state index contributed by atoms with van der Waals surface area (Å²) in [5, 5.41) is 0. The summed E-state index contributed by atoms with van der Waals surface area (Å²) in [4.78, 5) is 35.5. The summed E-state index contributed by atoms with van der Waals surface area (Å²) >= 11 is 0. The maximum atomic E-state index is 13.6. The first-order valence-corrected chi connectivity index (χ1v) is 10.3. The number of hydrogen-bond acceptors (Lipinski definition) is 3. The molecule has 1 spiro atoms. The number of hydrogen-bond donors (Lipinski definition) is 1. The molecule has 1 atom stereocenters. The number of piperidine rings is 1. The molecular formula is C23H28FN3O2. The molecule has 4 rings (SSSR count). The molecule has 29 heavy (non-hydrogen) atoms. The largest absolute Gasteiger partial charge is 0.338 e. The van der Waals surface area contributed by atoms with E-state index in [9.17, 15) is 14.0 Å². The van der Waals surface area contributed by atoms with E-state index in [1.54, 1.807) is 19.1 Å². The van der Waals surface area contributed by atoms with Crippen LogP contribution in [-0.2, 0) is 17.3 Å². The molecule has 1 amide bonds. The van der Waals surface area contributed by atoms with Gasteiger partial charge in [0, 0.05) is 35.0 Å². The quantitative estimate of drug-likeness (QED) is 0.799. The zero-order valence-corrected chi connectivity index (χ0v) is 17.6. The fourth-order valence-electron chi connectivity index (χ4n) is 4.67. The Morgan fingerprint density at radius 1 is 1.28 bits per heavy atom. The van der Waals surface area contributed by atoms with Gasteiger partial charge in [0.1, 0.15) is 11.6 Å². The van der Waals surface area contributed by atoms with Crippen LogP contribution in [-0.4, -0.2) is 33.9 Å². The van der Waals surface area contributed by atoms with Gasteiger partial charge in [-0.05, 0) is 56.4 Å². The number of aryl methyl sites for hydroxylation is 1. The van der Waals surface area contributed by atoms with E-state index in [1.807, 2.05) is 25.7 Å². The van der Waals surface area contributed by atoms with Crippen LogP contribution >= 0.6 is 0 Å². The lowest BCUT2D eigenvalue weighted by molar-refractivity contribution is 0.0633. The Bertz CT molecular complexity index is 1040. The molecule has 0 saturated carbocycles. The number of likely N-dealkylation sites (tertiary alicyclic amines) is 1. The van der Waals surface area contributed by atoms with Crippen molar-refractivity contribution < 1.29 is 9.18 Å². The van der Waals surface area contributed by atoms with E-state index < -0.39 is 0 Å². The number of carbonyl (C=O) groups is 1. The Hall–Kier alpha value is -2.50. The maximum Gasteiger partial charge on any atom is 0.254 e. The number of nitrogens with zero attached hydrogens (tertiary/aromatic N) is 2. The number of amides is 1. The second-order valence-corrected chi connectivity index (χ2v) is 9.57. The van der Waals surface area contributed by atoms with Gasteiger partial charge in [0.2, 0.25) is 0 Å². The van der Waals surface area contributed by atoms with Gasteiger partial charge in [0.05, 0.1) is 5.69 Å². The fourth-order valence-corrected chi connectivity index (χ4v) is 4.67. The highest BCUT2D eigenvalue weighted by molar-refractivity contribution is 5.94. The lowest BCUT2D eigenvalue weighted by atomic mass is 9.77.